The van der Waals surface area contributed by atoms with Gasteiger partial charge in [0.25, 0.3) is 0 Å². The first-order valence-electron chi connectivity index (χ1n) is 6.55. The van der Waals surface area contributed by atoms with Crippen LogP contribution in [0.1, 0.15) is 19.1 Å². The predicted molar refractivity (Wildman–Crippen MR) is 78.6 cm³/mol. The normalized spacial score (nSPS) is 10.7. The van der Waals surface area contributed by atoms with E-state index >= 15 is 0 Å². The van der Waals surface area contributed by atoms with E-state index in [1.54, 1.807) is 36.6 Å². The number of carbonyl (C=O) groups excluding carboxylic acids is 1. The van der Waals surface area contributed by atoms with Crippen molar-refractivity contribution in [3.05, 3.63) is 54.5 Å². The van der Waals surface area contributed by atoms with Gasteiger partial charge in [0.1, 0.15) is 11.5 Å². The standard InChI is InChI=1S/C16H17NO3/c1-2-10-17-13-5-3-6-15(12-13)20-16(18)9-8-14-7-4-11-19-14/h3-9,11-12,17H,2,10H2,1H3/b9-8+. The van der Waals surface area contributed by atoms with Gasteiger partial charge in [-0.3, -0.25) is 0 Å². The molecular weight excluding hydrogens is 254 g/mol. The Morgan fingerprint density at radius 2 is 2.25 bits per heavy atom. The molecule has 0 aliphatic rings. The first-order chi connectivity index (χ1) is 9.78. The molecule has 0 saturated heterocycles. The molecule has 0 aliphatic heterocycles. The average Bonchev–Trinajstić information content (AvgIpc) is 2.97. The summed E-state index contributed by atoms with van der Waals surface area (Å²) in [5, 5.41) is 3.24. The van der Waals surface area contributed by atoms with Gasteiger partial charge < -0.3 is 14.5 Å². The van der Waals surface area contributed by atoms with Crippen molar-refractivity contribution in [2.24, 2.45) is 0 Å². The zero-order valence-electron chi connectivity index (χ0n) is 11.3. The molecule has 0 saturated carbocycles. The molecule has 2 aromatic rings. The van der Waals surface area contributed by atoms with Crippen LogP contribution in [0.4, 0.5) is 5.69 Å². The Hall–Kier alpha value is -2.49. The number of esters is 1. The van der Waals surface area contributed by atoms with E-state index in [4.69, 9.17) is 9.15 Å². The summed E-state index contributed by atoms with van der Waals surface area (Å²) in [6.07, 6.45) is 5.50. The van der Waals surface area contributed by atoms with Crippen molar-refractivity contribution < 1.29 is 13.9 Å². The number of furan rings is 1. The van der Waals surface area contributed by atoms with Gasteiger partial charge in [-0.15, -0.1) is 0 Å². The van der Waals surface area contributed by atoms with Gasteiger partial charge in [0.05, 0.1) is 6.26 Å². The highest BCUT2D eigenvalue weighted by atomic mass is 16.5. The smallest absolute Gasteiger partial charge is 0.336 e. The van der Waals surface area contributed by atoms with Gasteiger partial charge in [0, 0.05) is 24.4 Å². The molecule has 0 fully saturated rings. The summed E-state index contributed by atoms with van der Waals surface area (Å²) >= 11 is 0. The van der Waals surface area contributed by atoms with Gasteiger partial charge in [0.2, 0.25) is 0 Å². The molecule has 2 rings (SSSR count). The van der Waals surface area contributed by atoms with Gasteiger partial charge in [0.15, 0.2) is 0 Å². The molecular formula is C16H17NO3. The van der Waals surface area contributed by atoms with E-state index < -0.39 is 5.97 Å². The molecule has 0 radical (unpaired) electrons. The lowest BCUT2D eigenvalue weighted by Gasteiger charge is -2.06. The average molecular weight is 271 g/mol. The van der Waals surface area contributed by atoms with E-state index in [-0.39, 0.29) is 0 Å². The van der Waals surface area contributed by atoms with Crippen molar-refractivity contribution in [2.75, 3.05) is 11.9 Å². The van der Waals surface area contributed by atoms with Crippen LogP contribution in [0, 0.1) is 0 Å². The minimum Gasteiger partial charge on any atom is -0.465 e. The van der Waals surface area contributed by atoms with Crippen LogP contribution >= 0.6 is 0 Å². The molecule has 0 amide bonds. The molecule has 1 heterocycles. The highest BCUT2D eigenvalue weighted by Crippen LogP contribution is 2.17. The van der Waals surface area contributed by atoms with Gasteiger partial charge in [-0.2, -0.15) is 0 Å². The molecule has 20 heavy (non-hydrogen) atoms. The van der Waals surface area contributed by atoms with Gasteiger partial charge in [-0.1, -0.05) is 13.0 Å². The minimum absolute atomic E-state index is 0.436. The number of ether oxygens (including phenoxy) is 1. The minimum atomic E-state index is -0.436. The van der Waals surface area contributed by atoms with E-state index in [9.17, 15) is 4.79 Å². The van der Waals surface area contributed by atoms with Crippen LogP contribution in [0.5, 0.6) is 5.75 Å². The molecule has 0 unspecified atom stereocenters. The van der Waals surface area contributed by atoms with E-state index in [0.29, 0.717) is 11.5 Å². The first kappa shape index (κ1) is 13.9. The second-order valence-corrected chi connectivity index (χ2v) is 4.22. The van der Waals surface area contributed by atoms with Crippen molar-refractivity contribution in [1.29, 1.82) is 0 Å². The third kappa shape index (κ3) is 4.31. The second-order valence-electron chi connectivity index (χ2n) is 4.22. The third-order valence-corrected chi connectivity index (χ3v) is 2.56. The number of nitrogens with one attached hydrogen (secondary N) is 1. The summed E-state index contributed by atoms with van der Waals surface area (Å²) in [5.74, 6) is 0.689. The number of carbonyl (C=O) groups is 1. The Morgan fingerprint density at radius 3 is 3.00 bits per heavy atom. The lowest BCUT2D eigenvalue weighted by Crippen LogP contribution is -2.04. The van der Waals surface area contributed by atoms with Gasteiger partial charge >= 0.3 is 5.97 Å². The molecule has 1 aromatic heterocycles. The molecule has 4 nitrogen and oxygen atoms in total. The van der Waals surface area contributed by atoms with Crippen LogP contribution in [0.15, 0.2) is 53.2 Å². The topological polar surface area (TPSA) is 51.5 Å². The van der Waals surface area contributed by atoms with Crippen LogP contribution in [0.3, 0.4) is 0 Å². The number of hydrogen-bond acceptors (Lipinski definition) is 4. The predicted octanol–water partition coefficient (Wildman–Crippen LogP) is 3.72. The summed E-state index contributed by atoms with van der Waals surface area (Å²) in [5.41, 5.74) is 0.937. The highest BCUT2D eigenvalue weighted by molar-refractivity contribution is 5.88. The quantitative estimate of drug-likeness (QED) is 0.494. The molecule has 0 aliphatic carbocycles. The molecule has 0 spiro atoms. The summed E-state index contributed by atoms with van der Waals surface area (Å²) in [4.78, 5) is 11.7. The fraction of sp³-hybridized carbons (Fsp3) is 0.188. The van der Waals surface area contributed by atoms with Crippen LogP contribution in [0.2, 0.25) is 0 Å². The van der Waals surface area contributed by atoms with E-state index in [1.807, 2.05) is 12.1 Å². The highest BCUT2D eigenvalue weighted by Gasteiger charge is 2.02. The van der Waals surface area contributed by atoms with Gasteiger partial charge in [-0.05, 0) is 36.8 Å². The third-order valence-electron chi connectivity index (χ3n) is 2.56. The Morgan fingerprint density at radius 1 is 1.35 bits per heavy atom. The second kappa shape index (κ2) is 7.19. The van der Waals surface area contributed by atoms with Gasteiger partial charge in [-0.25, -0.2) is 4.79 Å². The summed E-state index contributed by atoms with van der Waals surface area (Å²) in [6.45, 7) is 2.98. The molecule has 104 valence electrons. The Bertz CT molecular complexity index is 573. The van der Waals surface area contributed by atoms with E-state index in [0.717, 1.165) is 18.7 Å². The zero-order chi connectivity index (χ0) is 14.2. The molecule has 0 atom stereocenters. The van der Waals surface area contributed by atoms with Crippen molar-refractivity contribution in [1.82, 2.24) is 0 Å². The molecule has 1 aromatic carbocycles. The SMILES string of the molecule is CCCNc1cccc(OC(=O)/C=C/c2ccco2)c1. The van der Waals surface area contributed by atoms with E-state index in [2.05, 4.69) is 12.2 Å². The number of hydrogen-bond donors (Lipinski definition) is 1. The van der Waals surface area contributed by atoms with Crippen molar-refractivity contribution in [3.8, 4) is 5.75 Å². The number of benzene rings is 1. The molecule has 4 heteroatoms. The summed E-state index contributed by atoms with van der Waals surface area (Å²) in [7, 11) is 0. The fourth-order valence-corrected chi connectivity index (χ4v) is 1.63. The van der Waals surface area contributed by atoms with Crippen LogP contribution < -0.4 is 10.1 Å². The van der Waals surface area contributed by atoms with Crippen molar-refractivity contribution >= 4 is 17.7 Å². The monoisotopic (exact) mass is 271 g/mol. The Labute approximate surface area is 118 Å². The van der Waals surface area contributed by atoms with Crippen molar-refractivity contribution in [3.63, 3.8) is 0 Å². The van der Waals surface area contributed by atoms with Crippen LogP contribution in [-0.4, -0.2) is 12.5 Å². The Balaban J connectivity index is 1.93. The molecule has 1 N–H and O–H groups in total. The maximum atomic E-state index is 11.7. The van der Waals surface area contributed by atoms with Crippen molar-refractivity contribution in [2.45, 2.75) is 13.3 Å². The zero-order valence-corrected chi connectivity index (χ0v) is 11.3. The maximum Gasteiger partial charge on any atom is 0.336 e. The fourth-order valence-electron chi connectivity index (χ4n) is 1.63. The Kier molecular flexibility index (Phi) is 5.00. The lowest BCUT2D eigenvalue weighted by molar-refractivity contribution is -0.128. The summed E-state index contributed by atoms with van der Waals surface area (Å²) in [6, 6.07) is 10.8. The molecule has 0 bridgehead atoms. The first-order valence-corrected chi connectivity index (χ1v) is 6.55. The largest absolute Gasteiger partial charge is 0.465 e. The number of rotatable bonds is 6. The maximum absolute atomic E-state index is 11.7. The summed E-state index contributed by atoms with van der Waals surface area (Å²) < 4.78 is 10.3. The lowest BCUT2D eigenvalue weighted by atomic mass is 10.3. The van der Waals surface area contributed by atoms with E-state index in [1.165, 1.54) is 6.08 Å². The van der Waals surface area contributed by atoms with Crippen LogP contribution in [0.25, 0.3) is 6.08 Å². The number of anilines is 1. The van der Waals surface area contributed by atoms with Crippen LogP contribution in [-0.2, 0) is 4.79 Å².